The number of hydrogen-bond acceptors (Lipinski definition) is 5. The smallest absolute Gasteiger partial charge is 0.271 e. The third-order valence-corrected chi connectivity index (χ3v) is 2.51. The fraction of sp³-hybridized carbons (Fsp3) is 0.400. The van der Waals surface area contributed by atoms with E-state index >= 15 is 0 Å². The molecule has 0 unspecified atom stereocenters. The van der Waals surface area contributed by atoms with Crippen LogP contribution in [0.5, 0.6) is 0 Å². The fourth-order valence-corrected chi connectivity index (χ4v) is 1.76. The third-order valence-electron chi connectivity index (χ3n) is 2.51. The topological polar surface area (TPSA) is 95.9 Å². The first-order chi connectivity index (χ1) is 7.72. The van der Waals surface area contributed by atoms with Crippen LogP contribution in [0.2, 0.25) is 0 Å². The van der Waals surface area contributed by atoms with Crippen molar-refractivity contribution in [2.24, 2.45) is 5.73 Å². The van der Waals surface area contributed by atoms with E-state index in [1.54, 1.807) is 0 Å². The van der Waals surface area contributed by atoms with Crippen molar-refractivity contribution in [1.82, 2.24) is 9.97 Å². The van der Waals surface area contributed by atoms with Crippen LogP contribution in [0.1, 0.15) is 29.0 Å². The molecule has 0 bridgehead atoms. The first kappa shape index (κ1) is 10.4. The summed E-state index contributed by atoms with van der Waals surface area (Å²) < 4.78 is 0. The molecule has 6 nitrogen and oxygen atoms in total. The molecule has 6 heteroatoms. The van der Waals surface area contributed by atoms with Crippen LogP contribution in [0.4, 0.5) is 5.82 Å². The summed E-state index contributed by atoms with van der Waals surface area (Å²) in [4.78, 5) is 21.1. The fourth-order valence-electron chi connectivity index (χ4n) is 1.76. The summed E-state index contributed by atoms with van der Waals surface area (Å²) in [5.41, 5.74) is 5.56. The number of aromatic nitrogens is 2. The first-order valence-corrected chi connectivity index (χ1v) is 5.04. The van der Waals surface area contributed by atoms with Gasteiger partial charge in [-0.15, -0.1) is 0 Å². The van der Waals surface area contributed by atoms with Gasteiger partial charge in [0.15, 0.2) is 17.2 Å². The van der Waals surface area contributed by atoms with Crippen molar-refractivity contribution >= 4 is 11.7 Å². The average Bonchev–Trinajstić information content (AvgIpc) is 2.81. The van der Waals surface area contributed by atoms with Crippen molar-refractivity contribution in [3.8, 4) is 6.07 Å². The molecule has 2 heterocycles. The van der Waals surface area contributed by atoms with E-state index in [-0.39, 0.29) is 11.4 Å². The Balaban J connectivity index is 2.46. The standard InChI is InChI=1S/C10H11N5O/c11-5-7-6-13-8(9(12)16)10(14-7)15-3-1-2-4-15/h6H,1-4H2,(H2,12,16). The minimum absolute atomic E-state index is 0.140. The second-order valence-corrected chi connectivity index (χ2v) is 3.60. The molecule has 0 spiro atoms. The predicted octanol–water partition coefficient (Wildman–Crippen LogP) is 0.0474. The number of hydrogen-bond donors (Lipinski definition) is 1. The molecule has 0 atom stereocenters. The maximum Gasteiger partial charge on any atom is 0.271 e. The number of anilines is 1. The molecular weight excluding hydrogens is 206 g/mol. The first-order valence-electron chi connectivity index (χ1n) is 5.04. The maximum absolute atomic E-state index is 11.2. The highest BCUT2D eigenvalue weighted by Crippen LogP contribution is 2.20. The summed E-state index contributed by atoms with van der Waals surface area (Å²) in [6, 6.07) is 1.90. The lowest BCUT2D eigenvalue weighted by atomic mass is 10.3. The molecule has 2 N–H and O–H groups in total. The Bertz CT molecular complexity index is 459. The quantitative estimate of drug-likeness (QED) is 0.754. The molecule has 0 radical (unpaired) electrons. The Hall–Kier alpha value is -2.16. The van der Waals surface area contributed by atoms with E-state index in [9.17, 15) is 4.79 Å². The molecule has 1 aliphatic rings. The largest absolute Gasteiger partial charge is 0.364 e. The highest BCUT2D eigenvalue weighted by Gasteiger charge is 2.21. The van der Waals surface area contributed by atoms with Crippen molar-refractivity contribution in [2.45, 2.75) is 12.8 Å². The number of primary amides is 1. The van der Waals surface area contributed by atoms with Gasteiger partial charge in [0.05, 0.1) is 6.20 Å². The molecule has 82 valence electrons. The van der Waals surface area contributed by atoms with Crippen LogP contribution in [-0.4, -0.2) is 29.0 Å². The van der Waals surface area contributed by atoms with Gasteiger partial charge < -0.3 is 10.6 Å². The van der Waals surface area contributed by atoms with E-state index in [1.807, 2.05) is 11.0 Å². The van der Waals surface area contributed by atoms with Gasteiger partial charge in [0, 0.05) is 13.1 Å². The molecule has 2 rings (SSSR count). The van der Waals surface area contributed by atoms with Crippen molar-refractivity contribution in [3.63, 3.8) is 0 Å². The van der Waals surface area contributed by atoms with Gasteiger partial charge in [-0.25, -0.2) is 9.97 Å². The van der Waals surface area contributed by atoms with Crippen LogP contribution in [0.3, 0.4) is 0 Å². The van der Waals surface area contributed by atoms with Crippen LogP contribution >= 0.6 is 0 Å². The number of nitrogens with two attached hydrogens (primary N) is 1. The van der Waals surface area contributed by atoms with Crippen LogP contribution < -0.4 is 10.6 Å². The van der Waals surface area contributed by atoms with Crippen LogP contribution in [-0.2, 0) is 0 Å². The highest BCUT2D eigenvalue weighted by molar-refractivity contribution is 5.95. The van der Waals surface area contributed by atoms with Crippen LogP contribution in [0, 0.1) is 11.3 Å². The summed E-state index contributed by atoms with van der Waals surface area (Å²) in [6.07, 6.45) is 3.37. The van der Waals surface area contributed by atoms with Gasteiger partial charge in [-0.05, 0) is 12.8 Å². The van der Waals surface area contributed by atoms with Gasteiger partial charge >= 0.3 is 0 Å². The zero-order chi connectivity index (χ0) is 11.5. The van der Waals surface area contributed by atoms with Crippen molar-refractivity contribution in [2.75, 3.05) is 18.0 Å². The SMILES string of the molecule is N#Cc1cnc(C(N)=O)c(N2CCCC2)n1. The Morgan fingerprint density at radius 2 is 2.19 bits per heavy atom. The summed E-state index contributed by atoms with van der Waals surface area (Å²) in [7, 11) is 0. The van der Waals surface area contributed by atoms with Crippen molar-refractivity contribution < 1.29 is 4.79 Å². The molecule has 0 saturated carbocycles. The van der Waals surface area contributed by atoms with E-state index < -0.39 is 5.91 Å². The monoisotopic (exact) mass is 217 g/mol. The van der Waals surface area contributed by atoms with E-state index in [0.29, 0.717) is 5.82 Å². The number of rotatable bonds is 2. The summed E-state index contributed by atoms with van der Waals surface area (Å²) >= 11 is 0. The number of carbonyl (C=O) groups excluding carboxylic acids is 1. The summed E-state index contributed by atoms with van der Waals surface area (Å²) in [5.74, 6) is -0.178. The maximum atomic E-state index is 11.2. The lowest BCUT2D eigenvalue weighted by Crippen LogP contribution is -2.25. The summed E-state index contributed by atoms with van der Waals surface area (Å²) in [6.45, 7) is 1.65. The predicted molar refractivity (Wildman–Crippen MR) is 56.7 cm³/mol. The number of nitriles is 1. The third kappa shape index (κ3) is 1.80. The van der Waals surface area contributed by atoms with E-state index in [2.05, 4.69) is 9.97 Å². The average molecular weight is 217 g/mol. The van der Waals surface area contributed by atoms with Gasteiger partial charge in [-0.2, -0.15) is 5.26 Å². The van der Waals surface area contributed by atoms with E-state index in [0.717, 1.165) is 25.9 Å². The minimum atomic E-state index is -0.612. The number of carbonyl (C=O) groups is 1. The molecule has 1 aromatic rings. The molecule has 1 fully saturated rings. The molecule has 16 heavy (non-hydrogen) atoms. The Labute approximate surface area is 92.7 Å². The molecule has 1 amide bonds. The second-order valence-electron chi connectivity index (χ2n) is 3.60. The zero-order valence-electron chi connectivity index (χ0n) is 8.68. The highest BCUT2D eigenvalue weighted by atomic mass is 16.1. The summed E-state index contributed by atoms with van der Waals surface area (Å²) in [5, 5.41) is 8.75. The Kier molecular flexibility index (Phi) is 2.68. The van der Waals surface area contributed by atoms with Crippen LogP contribution in [0.25, 0.3) is 0 Å². The molecule has 1 aromatic heterocycles. The molecule has 0 aromatic carbocycles. The van der Waals surface area contributed by atoms with Gasteiger partial charge in [-0.1, -0.05) is 0 Å². The molecular formula is C10H11N5O. The number of nitrogens with zero attached hydrogens (tertiary/aromatic N) is 4. The van der Waals surface area contributed by atoms with Crippen molar-refractivity contribution in [1.29, 1.82) is 5.26 Å². The molecule has 1 saturated heterocycles. The molecule has 0 aliphatic carbocycles. The second kappa shape index (κ2) is 4.14. The van der Waals surface area contributed by atoms with Gasteiger partial charge in [0.25, 0.3) is 5.91 Å². The normalized spacial score (nSPS) is 14.8. The number of amides is 1. The lowest BCUT2D eigenvalue weighted by molar-refractivity contribution is 0.0996. The Morgan fingerprint density at radius 1 is 1.50 bits per heavy atom. The van der Waals surface area contributed by atoms with E-state index in [1.165, 1.54) is 6.20 Å². The minimum Gasteiger partial charge on any atom is -0.364 e. The van der Waals surface area contributed by atoms with Gasteiger partial charge in [0.1, 0.15) is 6.07 Å². The van der Waals surface area contributed by atoms with Crippen LogP contribution in [0.15, 0.2) is 6.20 Å². The van der Waals surface area contributed by atoms with E-state index in [4.69, 9.17) is 11.0 Å². The molecule has 1 aliphatic heterocycles. The zero-order valence-corrected chi connectivity index (χ0v) is 8.68. The van der Waals surface area contributed by atoms with Gasteiger partial charge in [-0.3, -0.25) is 4.79 Å². The van der Waals surface area contributed by atoms with Gasteiger partial charge in [0.2, 0.25) is 0 Å². The Morgan fingerprint density at radius 3 is 2.75 bits per heavy atom. The lowest BCUT2D eigenvalue weighted by Gasteiger charge is -2.17. The van der Waals surface area contributed by atoms with Crippen molar-refractivity contribution in [3.05, 3.63) is 17.6 Å².